The highest BCUT2D eigenvalue weighted by molar-refractivity contribution is 6.09. The minimum atomic E-state index is -4.50. The van der Waals surface area contributed by atoms with E-state index in [0.717, 1.165) is 23.7 Å². The zero-order chi connectivity index (χ0) is 19.1. The van der Waals surface area contributed by atoms with E-state index >= 15 is 0 Å². The molecule has 1 heterocycles. The van der Waals surface area contributed by atoms with E-state index in [0.29, 0.717) is 6.54 Å². The fraction of sp³-hybridized carbons (Fsp3) is 0.350. The van der Waals surface area contributed by atoms with Crippen molar-refractivity contribution in [2.75, 3.05) is 11.4 Å². The van der Waals surface area contributed by atoms with Gasteiger partial charge in [-0.15, -0.1) is 0 Å². The maximum absolute atomic E-state index is 13.1. The second-order valence-electron chi connectivity index (χ2n) is 6.68. The Labute approximate surface area is 150 Å². The molecule has 0 aromatic heterocycles. The number of anilines is 1. The monoisotopic (exact) mass is 363 g/mol. The van der Waals surface area contributed by atoms with Gasteiger partial charge in [-0.1, -0.05) is 36.8 Å². The molecule has 0 fully saturated rings. The normalized spacial score (nSPS) is 17.8. The van der Waals surface area contributed by atoms with Gasteiger partial charge in [0.2, 0.25) is 0 Å². The third-order valence-electron chi connectivity index (χ3n) is 4.59. The summed E-state index contributed by atoms with van der Waals surface area (Å²) in [5, 5.41) is 0. The molecule has 1 aliphatic rings. The van der Waals surface area contributed by atoms with E-state index < -0.39 is 12.3 Å². The zero-order valence-corrected chi connectivity index (χ0v) is 14.8. The van der Waals surface area contributed by atoms with Crippen molar-refractivity contribution < 1.29 is 22.7 Å². The summed E-state index contributed by atoms with van der Waals surface area (Å²) in [6.45, 7) is 5.22. The lowest BCUT2D eigenvalue weighted by molar-refractivity contribution is -0.189. The molecular formula is C20H20F3NO2. The van der Waals surface area contributed by atoms with Gasteiger partial charge in [0.1, 0.15) is 5.75 Å². The van der Waals surface area contributed by atoms with Crippen LogP contribution in [0, 0.1) is 6.92 Å². The van der Waals surface area contributed by atoms with E-state index in [1.807, 2.05) is 31.2 Å². The van der Waals surface area contributed by atoms with Gasteiger partial charge in [-0.2, -0.15) is 13.2 Å². The summed E-state index contributed by atoms with van der Waals surface area (Å²) in [6.07, 6.45) is -6.50. The van der Waals surface area contributed by atoms with Crippen LogP contribution in [0.2, 0.25) is 0 Å². The molecule has 2 atom stereocenters. The standard InChI is InChI=1S/C20H20F3NO2/c1-12-8-9-18(26-14(3)20(21,22)23)16(10-12)19(25)24-11-13(2)15-6-4-5-7-17(15)24/h4-10,13-14H,11H2,1-3H3. The van der Waals surface area contributed by atoms with Crippen LogP contribution in [-0.4, -0.2) is 24.7 Å². The van der Waals surface area contributed by atoms with Gasteiger partial charge in [0, 0.05) is 18.2 Å². The number of hydrogen-bond donors (Lipinski definition) is 0. The summed E-state index contributed by atoms with van der Waals surface area (Å²) >= 11 is 0. The minimum Gasteiger partial charge on any atom is -0.480 e. The average molecular weight is 363 g/mol. The summed E-state index contributed by atoms with van der Waals surface area (Å²) in [6, 6.07) is 12.2. The number of fused-ring (bicyclic) bond motifs is 1. The molecule has 2 aromatic carbocycles. The van der Waals surface area contributed by atoms with Crippen molar-refractivity contribution in [1.29, 1.82) is 0 Å². The van der Waals surface area contributed by atoms with Gasteiger partial charge >= 0.3 is 6.18 Å². The Kier molecular flexibility index (Phi) is 4.69. The fourth-order valence-corrected chi connectivity index (χ4v) is 3.13. The third kappa shape index (κ3) is 3.41. The highest BCUT2D eigenvalue weighted by Gasteiger charge is 2.39. The first-order chi connectivity index (χ1) is 12.2. The summed E-state index contributed by atoms with van der Waals surface area (Å²) in [4.78, 5) is 14.7. The number of ether oxygens (including phenoxy) is 1. The van der Waals surface area contributed by atoms with Crippen molar-refractivity contribution in [3.05, 3.63) is 59.2 Å². The summed E-state index contributed by atoms with van der Waals surface area (Å²) in [5.41, 5.74) is 2.77. The molecule has 0 N–H and O–H groups in total. The van der Waals surface area contributed by atoms with E-state index in [4.69, 9.17) is 4.74 Å². The Morgan fingerprint density at radius 1 is 1.23 bits per heavy atom. The van der Waals surface area contributed by atoms with Crippen LogP contribution in [-0.2, 0) is 0 Å². The molecule has 3 nitrogen and oxygen atoms in total. The molecule has 2 unspecified atom stereocenters. The van der Waals surface area contributed by atoms with Crippen LogP contribution in [0.1, 0.15) is 41.3 Å². The van der Waals surface area contributed by atoms with Gasteiger partial charge in [-0.05, 0) is 37.6 Å². The quantitative estimate of drug-likeness (QED) is 0.760. The first-order valence-electron chi connectivity index (χ1n) is 8.43. The zero-order valence-electron chi connectivity index (χ0n) is 14.8. The molecule has 2 aromatic rings. The Morgan fingerprint density at radius 2 is 1.92 bits per heavy atom. The number of para-hydroxylation sites is 1. The maximum Gasteiger partial charge on any atom is 0.425 e. The van der Waals surface area contributed by atoms with Crippen LogP contribution in [0.25, 0.3) is 0 Å². The molecule has 138 valence electrons. The van der Waals surface area contributed by atoms with Crippen molar-refractivity contribution in [1.82, 2.24) is 0 Å². The molecule has 0 saturated carbocycles. The molecular weight excluding hydrogens is 343 g/mol. The smallest absolute Gasteiger partial charge is 0.425 e. The topological polar surface area (TPSA) is 29.5 Å². The molecule has 6 heteroatoms. The molecule has 0 bridgehead atoms. The number of halogens is 3. The van der Waals surface area contributed by atoms with Crippen molar-refractivity contribution >= 4 is 11.6 Å². The summed E-state index contributed by atoms with van der Waals surface area (Å²) < 4.78 is 43.7. The number of carbonyl (C=O) groups excluding carboxylic acids is 1. The molecule has 0 radical (unpaired) electrons. The summed E-state index contributed by atoms with van der Waals surface area (Å²) in [7, 11) is 0. The van der Waals surface area contributed by atoms with Crippen molar-refractivity contribution in [3.8, 4) is 5.75 Å². The molecule has 0 aliphatic carbocycles. The SMILES string of the molecule is Cc1ccc(OC(C)C(F)(F)F)c(C(=O)N2CC(C)c3ccccc32)c1. The Balaban J connectivity index is 1.97. The Hall–Kier alpha value is -2.50. The predicted molar refractivity (Wildman–Crippen MR) is 93.9 cm³/mol. The molecule has 26 heavy (non-hydrogen) atoms. The van der Waals surface area contributed by atoms with Gasteiger partial charge in [0.15, 0.2) is 6.10 Å². The highest BCUT2D eigenvalue weighted by atomic mass is 19.4. The van der Waals surface area contributed by atoms with Gasteiger partial charge in [0.05, 0.1) is 5.56 Å². The number of carbonyl (C=O) groups is 1. The predicted octanol–water partition coefficient (Wildman–Crippen LogP) is 5.09. The lowest BCUT2D eigenvalue weighted by Gasteiger charge is -2.23. The minimum absolute atomic E-state index is 0.0533. The summed E-state index contributed by atoms with van der Waals surface area (Å²) in [5.74, 6) is -0.240. The molecule has 3 rings (SSSR count). The van der Waals surface area contributed by atoms with E-state index in [9.17, 15) is 18.0 Å². The van der Waals surface area contributed by atoms with Gasteiger partial charge in [0.25, 0.3) is 5.91 Å². The van der Waals surface area contributed by atoms with Crippen LogP contribution in [0.3, 0.4) is 0 Å². The van der Waals surface area contributed by atoms with Crippen LogP contribution >= 0.6 is 0 Å². The lowest BCUT2D eigenvalue weighted by atomic mass is 10.0. The van der Waals surface area contributed by atoms with E-state index in [1.54, 1.807) is 24.0 Å². The van der Waals surface area contributed by atoms with E-state index in [-0.39, 0.29) is 23.1 Å². The number of alkyl halides is 3. The highest BCUT2D eigenvalue weighted by Crippen LogP contribution is 2.38. The number of aryl methyl sites for hydroxylation is 1. The number of benzene rings is 2. The van der Waals surface area contributed by atoms with Gasteiger partial charge in [-0.25, -0.2) is 0 Å². The second-order valence-corrected chi connectivity index (χ2v) is 6.68. The molecule has 0 saturated heterocycles. The number of hydrogen-bond acceptors (Lipinski definition) is 2. The van der Waals surface area contributed by atoms with Crippen molar-refractivity contribution in [2.24, 2.45) is 0 Å². The maximum atomic E-state index is 13.1. The number of nitrogens with zero attached hydrogens (tertiary/aromatic N) is 1. The largest absolute Gasteiger partial charge is 0.480 e. The number of amides is 1. The first kappa shape index (κ1) is 18.3. The molecule has 1 amide bonds. The third-order valence-corrected chi connectivity index (χ3v) is 4.59. The van der Waals surface area contributed by atoms with Gasteiger partial charge in [-0.3, -0.25) is 4.79 Å². The first-order valence-corrected chi connectivity index (χ1v) is 8.43. The molecule has 1 aliphatic heterocycles. The second kappa shape index (κ2) is 6.67. The average Bonchev–Trinajstić information content (AvgIpc) is 2.92. The Bertz CT molecular complexity index is 832. The molecule has 0 spiro atoms. The van der Waals surface area contributed by atoms with Crippen LogP contribution in [0.4, 0.5) is 18.9 Å². The van der Waals surface area contributed by atoms with E-state index in [2.05, 4.69) is 0 Å². The van der Waals surface area contributed by atoms with E-state index in [1.165, 1.54) is 6.07 Å². The number of rotatable bonds is 3. The van der Waals surface area contributed by atoms with Crippen LogP contribution in [0.5, 0.6) is 5.75 Å². The van der Waals surface area contributed by atoms with Crippen molar-refractivity contribution in [2.45, 2.75) is 39.0 Å². The van der Waals surface area contributed by atoms with Gasteiger partial charge < -0.3 is 9.64 Å². The van der Waals surface area contributed by atoms with Crippen LogP contribution in [0.15, 0.2) is 42.5 Å². The fourth-order valence-electron chi connectivity index (χ4n) is 3.13. The van der Waals surface area contributed by atoms with Crippen molar-refractivity contribution in [3.63, 3.8) is 0 Å². The van der Waals surface area contributed by atoms with Crippen LogP contribution < -0.4 is 9.64 Å². The lowest BCUT2D eigenvalue weighted by Crippen LogP contribution is -2.33. The Morgan fingerprint density at radius 3 is 2.62 bits per heavy atom.